The number of nitrogens with two attached hydrogens (primary N) is 1. The van der Waals surface area contributed by atoms with Crippen LogP contribution in [0, 0.1) is 10.1 Å². The van der Waals surface area contributed by atoms with Gasteiger partial charge in [0.05, 0.1) is 12.0 Å². The van der Waals surface area contributed by atoms with Crippen LogP contribution in [0.2, 0.25) is 0 Å². The lowest BCUT2D eigenvalue weighted by molar-refractivity contribution is -0.384. The standard InChI is InChI=1S/C21H27N3O4.ClH/c1-28-21-5-3-2-4-17(21)15-8-11-23(12-9-15)19-7-6-16(18(22)10-13-25)14-20(19)24(26)27;/h2-7,14-15,18,25H,8-13,22H2,1H3;1H. The van der Waals surface area contributed by atoms with E-state index in [1.807, 2.05) is 24.3 Å². The van der Waals surface area contributed by atoms with E-state index in [1.165, 1.54) is 5.56 Å². The van der Waals surface area contributed by atoms with Crippen LogP contribution in [0.25, 0.3) is 0 Å². The molecular weight excluding hydrogens is 394 g/mol. The Bertz CT molecular complexity index is 825. The van der Waals surface area contributed by atoms with E-state index in [1.54, 1.807) is 19.2 Å². The average Bonchev–Trinajstić information content (AvgIpc) is 2.73. The molecule has 0 amide bonds. The molecular formula is C21H28ClN3O4. The Morgan fingerprint density at radius 3 is 2.59 bits per heavy atom. The highest BCUT2D eigenvalue weighted by Crippen LogP contribution is 2.38. The molecule has 3 N–H and O–H groups in total. The van der Waals surface area contributed by atoms with Crippen molar-refractivity contribution in [3.63, 3.8) is 0 Å². The van der Waals surface area contributed by atoms with E-state index < -0.39 is 6.04 Å². The fourth-order valence-corrected chi connectivity index (χ4v) is 3.93. The lowest BCUT2D eigenvalue weighted by Gasteiger charge is -2.34. The van der Waals surface area contributed by atoms with Crippen LogP contribution in [0.4, 0.5) is 11.4 Å². The van der Waals surface area contributed by atoms with Gasteiger partial charge >= 0.3 is 0 Å². The molecule has 0 radical (unpaired) electrons. The molecule has 7 nitrogen and oxygen atoms in total. The maximum Gasteiger partial charge on any atom is 0.292 e. The monoisotopic (exact) mass is 421 g/mol. The van der Waals surface area contributed by atoms with E-state index in [9.17, 15) is 10.1 Å². The summed E-state index contributed by atoms with van der Waals surface area (Å²) in [6.07, 6.45) is 2.19. The number of rotatable bonds is 7. The van der Waals surface area contributed by atoms with Gasteiger partial charge in [0.2, 0.25) is 0 Å². The number of aliphatic hydroxyl groups is 1. The Kier molecular flexibility index (Phi) is 8.25. The summed E-state index contributed by atoms with van der Waals surface area (Å²) in [7, 11) is 1.68. The summed E-state index contributed by atoms with van der Waals surface area (Å²) in [6, 6.07) is 12.8. The molecule has 158 valence electrons. The largest absolute Gasteiger partial charge is 0.496 e. The summed E-state index contributed by atoms with van der Waals surface area (Å²) < 4.78 is 5.48. The van der Waals surface area contributed by atoms with Crippen molar-refractivity contribution in [2.24, 2.45) is 5.73 Å². The number of halogens is 1. The molecule has 29 heavy (non-hydrogen) atoms. The van der Waals surface area contributed by atoms with Crippen molar-refractivity contribution in [3.8, 4) is 5.75 Å². The Morgan fingerprint density at radius 1 is 1.28 bits per heavy atom. The molecule has 1 aliphatic rings. The van der Waals surface area contributed by atoms with Crippen molar-refractivity contribution in [2.75, 3.05) is 31.7 Å². The predicted molar refractivity (Wildman–Crippen MR) is 116 cm³/mol. The van der Waals surface area contributed by atoms with Gasteiger partial charge in [-0.25, -0.2) is 0 Å². The summed E-state index contributed by atoms with van der Waals surface area (Å²) in [5, 5.41) is 20.7. The van der Waals surface area contributed by atoms with Crippen molar-refractivity contribution in [2.45, 2.75) is 31.2 Å². The van der Waals surface area contributed by atoms with Crippen LogP contribution in [-0.4, -0.2) is 36.8 Å². The molecule has 1 saturated heterocycles. The SMILES string of the molecule is COc1ccccc1C1CCN(c2ccc(C(N)CCO)cc2[N+](=O)[O-])CC1.Cl. The first-order chi connectivity index (χ1) is 13.5. The number of ether oxygens (including phenoxy) is 1. The van der Waals surface area contributed by atoms with Gasteiger partial charge in [-0.2, -0.15) is 0 Å². The van der Waals surface area contributed by atoms with Crippen molar-refractivity contribution >= 4 is 23.8 Å². The molecule has 1 heterocycles. The zero-order valence-electron chi connectivity index (χ0n) is 16.5. The second kappa shape index (κ2) is 10.4. The van der Waals surface area contributed by atoms with Gasteiger partial charge in [-0.15, -0.1) is 12.4 Å². The van der Waals surface area contributed by atoms with Gasteiger partial charge in [-0.1, -0.05) is 24.3 Å². The van der Waals surface area contributed by atoms with E-state index in [0.717, 1.165) is 31.7 Å². The minimum atomic E-state index is -0.408. The zero-order valence-corrected chi connectivity index (χ0v) is 17.3. The topological polar surface area (TPSA) is 102 Å². The number of para-hydroxylation sites is 1. The normalized spacial score (nSPS) is 15.5. The minimum Gasteiger partial charge on any atom is -0.496 e. The maximum absolute atomic E-state index is 11.6. The number of nitro benzene ring substituents is 1. The summed E-state index contributed by atoms with van der Waals surface area (Å²) in [5.41, 5.74) is 8.58. The molecule has 8 heteroatoms. The second-order valence-electron chi connectivity index (χ2n) is 7.13. The summed E-state index contributed by atoms with van der Waals surface area (Å²) in [4.78, 5) is 13.4. The first kappa shape index (κ1) is 22.9. The van der Waals surface area contributed by atoms with Crippen LogP contribution in [0.15, 0.2) is 42.5 Å². The molecule has 0 bridgehead atoms. The van der Waals surface area contributed by atoms with Crippen LogP contribution in [0.3, 0.4) is 0 Å². The Balaban J connectivity index is 0.00000300. The van der Waals surface area contributed by atoms with Gasteiger partial charge in [0, 0.05) is 31.8 Å². The highest BCUT2D eigenvalue weighted by molar-refractivity contribution is 5.85. The first-order valence-electron chi connectivity index (χ1n) is 9.57. The molecule has 0 aromatic heterocycles. The van der Waals surface area contributed by atoms with Gasteiger partial charge in [0.1, 0.15) is 11.4 Å². The fraction of sp³-hybridized carbons (Fsp3) is 0.429. The Hall–Kier alpha value is -2.35. The molecule has 1 unspecified atom stereocenters. The number of benzene rings is 2. The highest BCUT2D eigenvalue weighted by atomic mass is 35.5. The van der Waals surface area contributed by atoms with E-state index >= 15 is 0 Å². The zero-order chi connectivity index (χ0) is 20.1. The third-order valence-corrected chi connectivity index (χ3v) is 5.48. The summed E-state index contributed by atoms with van der Waals surface area (Å²) in [6.45, 7) is 1.43. The number of methoxy groups -OCH3 is 1. The van der Waals surface area contributed by atoms with Crippen LogP contribution in [-0.2, 0) is 0 Å². The minimum absolute atomic E-state index is 0. The molecule has 0 saturated carbocycles. The average molecular weight is 422 g/mol. The van der Waals surface area contributed by atoms with Crippen LogP contribution < -0.4 is 15.4 Å². The second-order valence-corrected chi connectivity index (χ2v) is 7.13. The number of nitrogens with zero attached hydrogens (tertiary/aromatic N) is 2. The van der Waals surface area contributed by atoms with Gasteiger partial charge < -0.3 is 20.5 Å². The molecule has 0 aliphatic carbocycles. The van der Waals surface area contributed by atoms with Gasteiger partial charge in [0.25, 0.3) is 5.69 Å². The van der Waals surface area contributed by atoms with E-state index in [4.69, 9.17) is 15.6 Å². The lowest BCUT2D eigenvalue weighted by atomic mass is 9.88. The first-order valence-corrected chi connectivity index (χ1v) is 9.57. The number of piperidine rings is 1. The van der Waals surface area contributed by atoms with Crippen molar-refractivity contribution in [3.05, 3.63) is 63.7 Å². The summed E-state index contributed by atoms with van der Waals surface area (Å²) in [5.74, 6) is 1.28. The van der Waals surface area contributed by atoms with Gasteiger partial charge in [0.15, 0.2) is 0 Å². The van der Waals surface area contributed by atoms with Crippen LogP contribution in [0.1, 0.15) is 42.3 Å². The van der Waals surface area contributed by atoms with Crippen molar-refractivity contribution in [1.82, 2.24) is 0 Å². The molecule has 1 atom stereocenters. The van der Waals surface area contributed by atoms with Crippen LogP contribution in [0.5, 0.6) is 5.75 Å². The third-order valence-electron chi connectivity index (χ3n) is 5.48. The van der Waals surface area contributed by atoms with Gasteiger partial charge in [-0.05, 0) is 48.4 Å². The highest BCUT2D eigenvalue weighted by Gasteiger charge is 2.27. The molecule has 1 fully saturated rings. The predicted octanol–water partition coefficient (Wildman–Crippen LogP) is 3.79. The number of hydrogen-bond donors (Lipinski definition) is 2. The quantitative estimate of drug-likeness (QED) is 0.520. The van der Waals surface area contributed by atoms with Crippen molar-refractivity contribution in [1.29, 1.82) is 0 Å². The fourth-order valence-electron chi connectivity index (χ4n) is 3.93. The number of anilines is 1. The molecule has 0 spiro atoms. The van der Waals surface area contributed by atoms with E-state index in [2.05, 4.69) is 11.0 Å². The Labute approximate surface area is 177 Å². The molecule has 2 aromatic rings. The van der Waals surface area contributed by atoms with E-state index in [0.29, 0.717) is 23.6 Å². The number of aliphatic hydroxyl groups excluding tert-OH is 1. The molecule has 1 aliphatic heterocycles. The molecule has 2 aromatic carbocycles. The maximum atomic E-state index is 11.6. The van der Waals surface area contributed by atoms with Gasteiger partial charge in [-0.3, -0.25) is 10.1 Å². The number of nitro groups is 1. The number of hydrogen-bond acceptors (Lipinski definition) is 6. The lowest BCUT2D eigenvalue weighted by Crippen LogP contribution is -2.33. The Morgan fingerprint density at radius 2 is 1.97 bits per heavy atom. The summed E-state index contributed by atoms with van der Waals surface area (Å²) >= 11 is 0. The van der Waals surface area contributed by atoms with E-state index in [-0.39, 0.29) is 29.6 Å². The third kappa shape index (κ3) is 5.18. The molecule has 3 rings (SSSR count). The van der Waals surface area contributed by atoms with Crippen LogP contribution >= 0.6 is 12.4 Å². The smallest absolute Gasteiger partial charge is 0.292 e. The van der Waals surface area contributed by atoms with Crippen molar-refractivity contribution < 1.29 is 14.8 Å².